The Labute approximate surface area is 203 Å². The molecule has 178 valence electrons. The van der Waals surface area contributed by atoms with Crippen molar-refractivity contribution in [2.75, 3.05) is 36.4 Å². The van der Waals surface area contributed by atoms with Gasteiger partial charge < -0.3 is 24.3 Å². The molecule has 1 aliphatic rings. The Kier molecular flexibility index (Phi) is 6.34. The SMILES string of the molecule is C[C@@H](Oc1ccccc1)C(=O)Nc1c(C(=O)N2CCN(c3ccccn3)CC2)oc2ccccc12. The monoisotopic (exact) mass is 470 g/mol. The van der Waals surface area contributed by atoms with Crippen molar-refractivity contribution in [3.8, 4) is 5.75 Å². The molecule has 2 aromatic heterocycles. The second-order valence-corrected chi connectivity index (χ2v) is 8.33. The van der Waals surface area contributed by atoms with Gasteiger partial charge in [0, 0.05) is 37.8 Å². The van der Waals surface area contributed by atoms with E-state index < -0.39 is 6.10 Å². The van der Waals surface area contributed by atoms with Crippen LogP contribution in [0.1, 0.15) is 17.5 Å². The summed E-state index contributed by atoms with van der Waals surface area (Å²) in [4.78, 5) is 34.8. The predicted octanol–water partition coefficient (Wildman–Crippen LogP) is 4.20. The van der Waals surface area contributed by atoms with E-state index in [2.05, 4.69) is 15.2 Å². The van der Waals surface area contributed by atoms with Crippen LogP contribution >= 0.6 is 0 Å². The van der Waals surface area contributed by atoms with Crippen molar-refractivity contribution < 1.29 is 18.7 Å². The summed E-state index contributed by atoms with van der Waals surface area (Å²) in [6.45, 7) is 4.03. The lowest BCUT2D eigenvalue weighted by Gasteiger charge is -2.35. The molecule has 5 rings (SSSR count). The van der Waals surface area contributed by atoms with E-state index in [0.717, 1.165) is 5.82 Å². The quantitative estimate of drug-likeness (QED) is 0.455. The topological polar surface area (TPSA) is 87.9 Å². The molecule has 0 unspecified atom stereocenters. The summed E-state index contributed by atoms with van der Waals surface area (Å²) in [6, 6.07) is 22.2. The number of pyridine rings is 1. The maximum Gasteiger partial charge on any atom is 0.291 e. The highest BCUT2D eigenvalue weighted by Crippen LogP contribution is 2.32. The number of aromatic nitrogens is 1. The minimum Gasteiger partial charge on any atom is -0.481 e. The number of fused-ring (bicyclic) bond motifs is 1. The molecule has 0 spiro atoms. The molecule has 0 radical (unpaired) electrons. The molecule has 1 aliphatic heterocycles. The Morgan fingerprint density at radius 2 is 1.66 bits per heavy atom. The fraction of sp³-hybridized carbons (Fsp3) is 0.222. The number of nitrogens with zero attached hydrogens (tertiary/aromatic N) is 3. The van der Waals surface area contributed by atoms with Crippen molar-refractivity contribution in [1.29, 1.82) is 0 Å². The summed E-state index contributed by atoms with van der Waals surface area (Å²) in [7, 11) is 0. The maximum atomic E-state index is 13.5. The fourth-order valence-corrected chi connectivity index (χ4v) is 4.12. The number of nitrogens with one attached hydrogen (secondary N) is 1. The van der Waals surface area contributed by atoms with Gasteiger partial charge in [-0.2, -0.15) is 0 Å². The first-order valence-corrected chi connectivity index (χ1v) is 11.6. The first kappa shape index (κ1) is 22.5. The number of furan rings is 1. The summed E-state index contributed by atoms with van der Waals surface area (Å²) in [5.41, 5.74) is 0.904. The number of amides is 2. The lowest BCUT2D eigenvalue weighted by Crippen LogP contribution is -2.49. The van der Waals surface area contributed by atoms with E-state index in [4.69, 9.17) is 9.15 Å². The molecule has 0 saturated carbocycles. The number of benzene rings is 2. The summed E-state index contributed by atoms with van der Waals surface area (Å²) in [5, 5.41) is 3.55. The molecule has 4 aromatic rings. The zero-order chi connectivity index (χ0) is 24.2. The molecule has 35 heavy (non-hydrogen) atoms. The van der Waals surface area contributed by atoms with Crippen LogP contribution in [0, 0.1) is 0 Å². The van der Waals surface area contributed by atoms with E-state index in [0.29, 0.717) is 48.6 Å². The number of para-hydroxylation sites is 2. The zero-order valence-electron chi connectivity index (χ0n) is 19.4. The van der Waals surface area contributed by atoms with E-state index in [9.17, 15) is 9.59 Å². The Hall–Kier alpha value is -4.33. The van der Waals surface area contributed by atoms with Gasteiger partial charge in [-0.1, -0.05) is 36.4 Å². The molecule has 1 N–H and O–H groups in total. The minimum absolute atomic E-state index is 0.123. The van der Waals surface area contributed by atoms with Crippen LogP contribution in [0.15, 0.2) is 83.4 Å². The van der Waals surface area contributed by atoms with Crippen molar-refractivity contribution in [2.45, 2.75) is 13.0 Å². The van der Waals surface area contributed by atoms with Crippen molar-refractivity contribution in [1.82, 2.24) is 9.88 Å². The van der Waals surface area contributed by atoms with Gasteiger partial charge in [0.05, 0.1) is 0 Å². The van der Waals surface area contributed by atoms with Crippen molar-refractivity contribution in [3.05, 3.63) is 84.8 Å². The van der Waals surface area contributed by atoms with Crippen LogP contribution in [-0.4, -0.2) is 54.0 Å². The highest BCUT2D eigenvalue weighted by molar-refractivity contribution is 6.11. The van der Waals surface area contributed by atoms with Crippen LogP contribution < -0.4 is 15.0 Å². The van der Waals surface area contributed by atoms with Gasteiger partial charge in [0.1, 0.15) is 22.8 Å². The summed E-state index contributed by atoms with van der Waals surface area (Å²) in [5.74, 6) is 0.985. The molecule has 1 atom stereocenters. The summed E-state index contributed by atoms with van der Waals surface area (Å²) in [6.07, 6.45) is 0.995. The average Bonchev–Trinajstić information content (AvgIpc) is 3.27. The van der Waals surface area contributed by atoms with Crippen LogP contribution in [0.3, 0.4) is 0 Å². The Morgan fingerprint density at radius 1 is 0.943 bits per heavy atom. The van der Waals surface area contributed by atoms with Crippen molar-refractivity contribution in [2.24, 2.45) is 0 Å². The average molecular weight is 471 g/mol. The highest BCUT2D eigenvalue weighted by Gasteiger charge is 2.30. The van der Waals surface area contributed by atoms with Gasteiger partial charge >= 0.3 is 0 Å². The van der Waals surface area contributed by atoms with Crippen molar-refractivity contribution >= 4 is 34.3 Å². The third-order valence-electron chi connectivity index (χ3n) is 6.00. The van der Waals surface area contributed by atoms with Crippen LogP contribution in [0.4, 0.5) is 11.5 Å². The van der Waals surface area contributed by atoms with Crippen LogP contribution in [0.5, 0.6) is 5.75 Å². The van der Waals surface area contributed by atoms with Crippen LogP contribution in [0.25, 0.3) is 11.0 Å². The van der Waals surface area contributed by atoms with Crippen molar-refractivity contribution in [3.63, 3.8) is 0 Å². The smallest absolute Gasteiger partial charge is 0.291 e. The molecular weight excluding hydrogens is 444 g/mol. The largest absolute Gasteiger partial charge is 0.481 e. The predicted molar refractivity (Wildman–Crippen MR) is 134 cm³/mol. The lowest BCUT2D eigenvalue weighted by atomic mass is 10.2. The molecule has 8 nitrogen and oxygen atoms in total. The molecule has 1 saturated heterocycles. The Bertz CT molecular complexity index is 1320. The molecule has 0 bridgehead atoms. The molecule has 2 aromatic carbocycles. The van der Waals surface area contributed by atoms with E-state index in [1.165, 1.54) is 0 Å². The zero-order valence-corrected chi connectivity index (χ0v) is 19.4. The summed E-state index contributed by atoms with van der Waals surface area (Å²) < 4.78 is 11.7. The molecule has 0 aliphatic carbocycles. The number of hydrogen-bond donors (Lipinski definition) is 1. The molecule has 1 fully saturated rings. The van der Waals surface area contributed by atoms with E-state index in [1.807, 2.05) is 54.6 Å². The standard InChI is InChI=1S/C27H26N4O4/c1-19(34-20-9-3-2-4-10-20)26(32)29-24-21-11-5-6-12-22(21)35-25(24)27(33)31-17-15-30(16-18-31)23-13-7-8-14-28-23/h2-14,19H,15-18H2,1H3,(H,29,32)/t19-/m1/s1. The van der Waals surface area contributed by atoms with E-state index >= 15 is 0 Å². The second-order valence-electron chi connectivity index (χ2n) is 8.33. The van der Waals surface area contributed by atoms with Crippen LogP contribution in [-0.2, 0) is 4.79 Å². The summed E-state index contributed by atoms with van der Waals surface area (Å²) >= 11 is 0. The van der Waals surface area contributed by atoms with Gasteiger partial charge in [-0.25, -0.2) is 4.98 Å². The first-order valence-electron chi connectivity index (χ1n) is 11.6. The Morgan fingerprint density at radius 3 is 2.40 bits per heavy atom. The third-order valence-corrected chi connectivity index (χ3v) is 6.00. The lowest BCUT2D eigenvalue weighted by molar-refractivity contribution is -0.122. The number of anilines is 2. The number of ether oxygens (including phenoxy) is 1. The number of carbonyl (C=O) groups excluding carboxylic acids is 2. The first-order chi connectivity index (χ1) is 17.1. The van der Waals surface area contributed by atoms with Gasteiger partial charge in [-0.05, 0) is 43.3 Å². The van der Waals surface area contributed by atoms with Gasteiger partial charge in [-0.3, -0.25) is 9.59 Å². The Balaban J connectivity index is 1.34. The fourth-order valence-electron chi connectivity index (χ4n) is 4.12. The molecule has 8 heteroatoms. The number of hydrogen-bond acceptors (Lipinski definition) is 6. The van der Waals surface area contributed by atoms with Gasteiger partial charge in [0.2, 0.25) is 5.76 Å². The third kappa shape index (κ3) is 4.82. The normalized spacial score (nSPS) is 14.5. The molecular formula is C27H26N4O4. The number of rotatable bonds is 6. The highest BCUT2D eigenvalue weighted by atomic mass is 16.5. The molecule has 3 heterocycles. The van der Waals surface area contributed by atoms with Gasteiger partial charge in [-0.15, -0.1) is 0 Å². The van der Waals surface area contributed by atoms with E-state index in [1.54, 1.807) is 36.2 Å². The second kappa shape index (κ2) is 9.89. The van der Waals surface area contributed by atoms with Gasteiger partial charge in [0.15, 0.2) is 6.10 Å². The van der Waals surface area contributed by atoms with Gasteiger partial charge in [0.25, 0.3) is 11.8 Å². The number of carbonyl (C=O) groups is 2. The number of piperazine rings is 1. The maximum absolute atomic E-state index is 13.5. The van der Waals surface area contributed by atoms with E-state index in [-0.39, 0.29) is 17.6 Å². The minimum atomic E-state index is -0.768. The molecule has 2 amide bonds. The van der Waals surface area contributed by atoms with Crippen LogP contribution in [0.2, 0.25) is 0 Å².